The van der Waals surface area contributed by atoms with Crippen LogP contribution in [0.4, 0.5) is 0 Å². The molecule has 26 heavy (non-hydrogen) atoms. The Balaban J connectivity index is 1.79. The lowest BCUT2D eigenvalue weighted by Crippen LogP contribution is -2.32. The zero-order valence-electron chi connectivity index (χ0n) is 16.9. The number of benzene rings is 1. The summed E-state index contributed by atoms with van der Waals surface area (Å²) in [5.41, 5.74) is 1.43. The van der Waals surface area contributed by atoms with Gasteiger partial charge in [0, 0.05) is 33.0 Å². The third-order valence-electron chi connectivity index (χ3n) is 4.26. The summed E-state index contributed by atoms with van der Waals surface area (Å²) in [4.78, 5) is 0. The van der Waals surface area contributed by atoms with Crippen molar-refractivity contribution in [2.75, 3.05) is 39.5 Å². The fourth-order valence-electron chi connectivity index (χ4n) is 2.85. The summed E-state index contributed by atoms with van der Waals surface area (Å²) >= 11 is 0. The van der Waals surface area contributed by atoms with Crippen molar-refractivity contribution in [1.29, 1.82) is 0 Å². The van der Waals surface area contributed by atoms with E-state index in [-0.39, 0.29) is 6.29 Å². The van der Waals surface area contributed by atoms with Crippen LogP contribution in [0.25, 0.3) is 0 Å². The molecule has 0 bridgehead atoms. The van der Waals surface area contributed by atoms with E-state index in [0.717, 1.165) is 39.1 Å². The summed E-state index contributed by atoms with van der Waals surface area (Å²) in [6.45, 7) is 8.97. The van der Waals surface area contributed by atoms with E-state index >= 15 is 0 Å². The third kappa shape index (κ3) is 13.3. The molecule has 150 valence electrons. The van der Waals surface area contributed by atoms with Crippen LogP contribution >= 0.6 is 0 Å². The molecule has 0 fully saturated rings. The van der Waals surface area contributed by atoms with Crippen molar-refractivity contribution in [3.8, 4) is 0 Å². The van der Waals surface area contributed by atoms with Crippen LogP contribution in [-0.2, 0) is 20.6 Å². The van der Waals surface area contributed by atoms with Gasteiger partial charge >= 0.3 is 0 Å². The number of nitrogens with one attached hydrogen (secondary N) is 1. The van der Waals surface area contributed by atoms with Gasteiger partial charge in [-0.05, 0) is 58.1 Å². The summed E-state index contributed by atoms with van der Waals surface area (Å²) < 4.78 is 16.7. The van der Waals surface area contributed by atoms with E-state index in [9.17, 15) is 0 Å². The standard InChI is InChI=1S/C22H39NO3/c1-3-25-22(26-4-2)20-23-17-11-5-6-12-18-24-19-13-10-16-21-14-8-7-9-15-21/h7-9,14-15,22-23H,3-6,10-13,16-20H2,1-2H3. The topological polar surface area (TPSA) is 39.7 Å². The molecule has 0 heterocycles. The first-order chi connectivity index (χ1) is 12.9. The lowest BCUT2D eigenvalue weighted by molar-refractivity contribution is -0.132. The largest absolute Gasteiger partial charge is 0.381 e. The monoisotopic (exact) mass is 365 g/mol. The van der Waals surface area contributed by atoms with Gasteiger partial charge in [0.1, 0.15) is 0 Å². The number of ether oxygens (including phenoxy) is 3. The Morgan fingerprint density at radius 2 is 1.46 bits per heavy atom. The third-order valence-corrected chi connectivity index (χ3v) is 4.26. The molecule has 1 aromatic carbocycles. The molecule has 0 aliphatic heterocycles. The lowest BCUT2D eigenvalue weighted by atomic mass is 10.1. The van der Waals surface area contributed by atoms with Crippen molar-refractivity contribution < 1.29 is 14.2 Å². The predicted octanol–water partition coefficient (Wildman–Crippen LogP) is 4.58. The normalized spacial score (nSPS) is 11.3. The van der Waals surface area contributed by atoms with E-state index in [1.165, 1.54) is 37.7 Å². The van der Waals surface area contributed by atoms with Crippen LogP contribution in [-0.4, -0.2) is 45.8 Å². The molecular weight excluding hydrogens is 326 g/mol. The molecule has 4 nitrogen and oxygen atoms in total. The zero-order valence-corrected chi connectivity index (χ0v) is 16.9. The van der Waals surface area contributed by atoms with Gasteiger partial charge in [-0.25, -0.2) is 0 Å². The maximum absolute atomic E-state index is 5.74. The first-order valence-electron chi connectivity index (χ1n) is 10.4. The molecule has 1 N–H and O–H groups in total. The molecule has 0 radical (unpaired) electrons. The van der Waals surface area contributed by atoms with Crippen LogP contribution in [0, 0.1) is 0 Å². The SMILES string of the molecule is CCOC(CNCCCCCCOCCCCc1ccccc1)OCC. The summed E-state index contributed by atoms with van der Waals surface area (Å²) in [6.07, 6.45) is 8.26. The van der Waals surface area contributed by atoms with Crippen LogP contribution in [0.3, 0.4) is 0 Å². The Hall–Kier alpha value is -0.940. The highest BCUT2D eigenvalue weighted by molar-refractivity contribution is 5.14. The zero-order chi connectivity index (χ0) is 18.7. The Morgan fingerprint density at radius 1 is 0.808 bits per heavy atom. The van der Waals surface area contributed by atoms with E-state index in [4.69, 9.17) is 14.2 Å². The average molecular weight is 366 g/mol. The molecule has 1 aromatic rings. The van der Waals surface area contributed by atoms with E-state index in [1.807, 2.05) is 13.8 Å². The van der Waals surface area contributed by atoms with Gasteiger partial charge in [0.15, 0.2) is 6.29 Å². The summed E-state index contributed by atoms with van der Waals surface area (Å²) in [5.74, 6) is 0. The van der Waals surface area contributed by atoms with Gasteiger partial charge in [0.25, 0.3) is 0 Å². The Bertz CT molecular complexity index is 394. The Morgan fingerprint density at radius 3 is 2.15 bits per heavy atom. The Labute approximate surface area is 160 Å². The molecule has 0 aromatic heterocycles. The molecule has 0 atom stereocenters. The molecule has 0 amide bonds. The average Bonchev–Trinajstić information content (AvgIpc) is 2.66. The van der Waals surface area contributed by atoms with Crippen molar-refractivity contribution in [2.24, 2.45) is 0 Å². The van der Waals surface area contributed by atoms with E-state index < -0.39 is 0 Å². The number of hydrogen-bond acceptors (Lipinski definition) is 4. The molecule has 0 unspecified atom stereocenters. The van der Waals surface area contributed by atoms with Gasteiger partial charge in [-0.1, -0.05) is 43.2 Å². The van der Waals surface area contributed by atoms with Crippen LogP contribution < -0.4 is 5.32 Å². The number of hydrogen-bond donors (Lipinski definition) is 1. The molecule has 1 rings (SSSR count). The first-order valence-corrected chi connectivity index (χ1v) is 10.4. The quantitative estimate of drug-likeness (QED) is 0.305. The smallest absolute Gasteiger partial charge is 0.169 e. The van der Waals surface area contributed by atoms with Crippen molar-refractivity contribution in [3.63, 3.8) is 0 Å². The van der Waals surface area contributed by atoms with Crippen molar-refractivity contribution in [1.82, 2.24) is 5.32 Å². The van der Waals surface area contributed by atoms with E-state index in [1.54, 1.807) is 0 Å². The van der Waals surface area contributed by atoms with Crippen LogP contribution in [0.1, 0.15) is 57.9 Å². The second-order valence-corrected chi connectivity index (χ2v) is 6.51. The molecule has 0 saturated carbocycles. The van der Waals surface area contributed by atoms with Crippen LogP contribution in [0.15, 0.2) is 30.3 Å². The van der Waals surface area contributed by atoms with Gasteiger partial charge in [0.2, 0.25) is 0 Å². The minimum atomic E-state index is -0.111. The second kappa shape index (κ2) is 17.5. The summed E-state index contributed by atoms with van der Waals surface area (Å²) in [7, 11) is 0. The molecule has 0 saturated heterocycles. The lowest BCUT2D eigenvalue weighted by Gasteiger charge is -2.17. The predicted molar refractivity (Wildman–Crippen MR) is 109 cm³/mol. The van der Waals surface area contributed by atoms with E-state index in [2.05, 4.69) is 35.6 Å². The van der Waals surface area contributed by atoms with Gasteiger partial charge < -0.3 is 19.5 Å². The highest BCUT2D eigenvalue weighted by atomic mass is 16.7. The van der Waals surface area contributed by atoms with Crippen molar-refractivity contribution >= 4 is 0 Å². The first kappa shape index (κ1) is 23.1. The molecule has 0 aliphatic carbocycles. The van der Waals surface area contributed by atoms with E-state index in [0.29, 0.717) is 13.2 Å². The van der Waals surface area contributed by atoms with Crippen LogP contribution in [0.5, 0.6) is 0 Å². The van der Waals surface area contributed by atoms with Gasteiger partial charge in [-0.3, -0.25) is 0 Å². The number of aryl methyl sites for hydroxylation is 1. The maximum atomic E-state index is 5.74. The summed E-state index contributed by atoms with van der Waals surface area (Å²) in [5, 5.41) is 3.41. The second-order valence-electron chi connectivity index (χ2n) is 6.51. The fraction of sp³-hybridized carbons (Fsp3) is 0.727. The van der Waals surface area contributed by atoms with Crippen molar-refractivity contribution in [2.45, 2.75) is 65.1 Å². The maximum Gasteiger partial charge on any atom is 0.169 e. The van der Waals surface area contributed by atoms with Gasteiger partial charge in [0.05, 0.1) is 0 Å². The number of rotatable bonds is 18. The highest BCUT2D eigenvalue weighted by Crippen LogP contribution is 2.05. The summed E-state index contributed by atoms with van der Waals surface area (Å²) in [6, 6.07) is 10.7. The minimum Gasteiger partial charge on any atom is -0.381 e. The van der Waals surface area contributed by atoms with Crippen LogP contribution in [0.2, 0.25) is 0 Å². The minimum absolute atomic E-state index is 0.111. The van der Waals surface area contributed by atoms with Gasteiger partial charge in [-0.2, -0.15) is 0 Å². The molecule has 0 spiro atoms. The molecule has 0 aliphatic rings. The fourth-order valence-corrected chi connectivity index (χ4v) is 2.85. The van der Waals surface area contributed by atoms with Crippen molar-refractivity contribution in [3.05, 3.63) is 35.9 Å². The Kier molecular flexibility index (Phi) is 15.5. The number of unbranched alkanes of at least 4 members (excludes halogenated alkanes) is 4. The highest BCUT2D eigenvalue weighted by Gasteiger charge is 2.06. The van der Waals surface area contributed by atoms with Gasteiger partial charge in [-0.15, -0.1) is 0 Å². The molecule has 4 heteroatoms. The molecular formula is C22H39NO3.